The van der Waals surface area contributed by atoms with E-state index in [0.717, 1.165) is 11.1 Å². The predicted octanol–water partition coefficient (Wildman–Crippen LogP) is 3.42. The van der Waals surface area contributed by atoms with Crippen molar-refractivity contribution in [3.63, 3.8) is 0 Å². The van der Waals surface area contributed by atoms with Gasteiger partial charge in [-0.1, -0.05) is 72.9 Å². The van der Waals surface area contributed by atoms with Crippen molar-refractivity contribution < 1.29 is 4.79 Å². The van der Waals surface area contributed by atoms with Gasteiger partial charge in [0.2, 0.25) is 0 Å². The van der Waals surface area contributed by atoms with Crippen LogP contribution in [-0.4, -0.2) is 11.0 Å². The number of hydrogen-bond donors (Lipinski definition) is 2. The second-order valence-electron chi connectivity index (χ2n) is 4.43. The van der Waals surface area contributed by atoms with Gasteiger partial charge in [-0.15, -0.1) is 0 Å². The van der Waals surface area contributed by atoms with E-state index in [1.165, 1.54) is 0 Å². The third kappa shape index (κ3) is 3.90. The van der Waals surface area contributed by atoms with Crippen LogP contribution in [0.25, 0.3) is 0 Å². The number of benzene rings is 2. The highest BCUT2D eigenvalue weighted by Gasteiger charge is 2.10. The molecule has 0 aromatic heterocycles. The Kier molecular flexibility index (Phi) is 4.85. The molecule has 0 aliphatic carbocycles. The smallest absolute Gasteiger partial charge is 0.320 e. The van der Waals surface area contributed by atoms with Gasteiger partial charge in [0.25, 0.3) is 0 Å². The molecule has 0 heterocycles. The molecule has 0 bridgehead atoms. The van der Waals surface area contributed by atoms with Crippen LogP contribution < -0.4 is 10.6 Å². The van der Waals surface area contributed by atoms with Crippen molar-refractivity contribution >= 4 is 23.2 Å². The Bertz CT molecular complexity index is 584. The van der Waals surface area contributed by atoms with Crippen LogP contribution in [0.1, 0.15) is 24.1 Å². The summed E-state index contributed by atoms with van der Waals surface area (Å²) in [7, 11) is 0. The summed E-state index contributed by atoms with van der Waals surface area (Å²) in [4.78, 5) is 12.3. The minimum atomic E-state index is -0.296. The molecule has 2 amide bonds. The first kappa shape index (κ1) is 14.2. The normalized spacial score (nSPS) is 11.4. The molecule has 2 aromatic rings. The Morgan fingerprint density at radius 2 is 1.55 bits per heavy atom. The SMILES string of the molecule is C[C@H](NC(=O)NC(=S)c1ccccc1)c1ccccc1. The van der Waals surface area contributed by atoms with E-state index < -0.39 is 0 Å². The van der Waals surface area contributed by atoms with Crippen LogP contribution in [0.15, 0.2) is 60.7 Å². The van der Waals surface area contributed by atoms with E-state index in [-0.39, 0.29) is 12.1 Å². The lowest BCUT2D eigenvalue weighted by atomic mass is 10.1. The van der Waals surface area contributed by atoms with Crippen LogP contribution >= 0.6 is 12.2 Å². The van der Waals surface area contributed by atoms with E-state index in [9.17, 15) is 4.79 Å². The zero-order chi connectivity index (χ0) is 14.4. The zero-order valence-corrected chi connectivity index (χ0v) is 12.0. The summed E-state index contributed by atoms with van der Waals surface area (Å²) in [5.74, 6) is 0. The van der Waals surface area contributed by atoms with Crippen LogP contribution in [0.5, 0.6) is 0 Å². The van der Waals surface area contributed by atoms with Crippen molar-refractivity contribution in [1.29, 1.82) is 0 Å². The number of carbonyl (C=O) groups excluding carboxylic acids is 1. The van der Waals surface area contributed by atoms with Gasteiger partial charge in [0.15, 0.2) is 0 Å². The average Bonchev–Trinajstić information content (AvgIpc) is 2.49. The molecule has 2 aromatic carbocycles. The van der Waals surface area contributed by atoms with Crippen LogP contribution in [0.2, 0.25) is 0 Å². The number of hydrogen-bond acceptors (Lipinski definition) is 2. The number of amides is 2. The van der Waals surface area contributed by atoms with E-state index in [1.807, 2.05) is 67.6 Å². The minimum Gasteiger partial charge on any atom is -0.331 e. The molecule has 0 aliphatic rings. The summed E-state index contributed by atoms with van der Waals surface area (Å²) >= 11 is 5.19. The van der Waals surface area contributed by atoms with Crippen molar-refractivity contribution in [3.8, 4) is 0 Å². The molecule has 0 saturated carbocycles. The van der Waals surface area contributed by atoms with E-state index in [0.29, 0.717) is 4.99 Å². The maximum Gasteiger partial charge on any atom is 0.320 e. The lowest BCUT2D eigenvalue weighted by molar-refractivity contribution is 0.242. The molecule has 0 unspecified atom stereocenters. The lowest BCUT2D eigenvalue weighted by Gasteiger charge is -2.15. The molecule has 1 atom stereocenters. The van der Waals surface area contributed by atoms with Crippen molar-refractivity contribution in [2.75, 3.05) is 0 Å². The fourth-order valence-corrected chi connectivity index (χ4v) is 2.05. The zero-order valence-electron chi connectivity index (χ0n) is 11.2. The molecule has 102 valence electrons. The standard InChI is InChI=1S/C16H16N2OS/c1-12(13-8-4-2-5-9-13)17-16(19)18-15(20)14-10-6-3-7-11-14/h2-12H,1H3,(H2,17,18,19,20)/t12-/m0/s1. The first-order valence-corrected chi connectivity index (χ1v) is 6.79. The number of nitrogens with one attached hydrogen (secondary N) is 2. The summed E-state index contributed by atoms with van der Waals surface area (Å²) in [6.45, 7) is 1.93. The molecule has 2 rings (SSSR count). The third-order valence-corrected chi connectivity index (χ3v) is 3.25. The molecule has 0 fully saturated rings. The Morgan fingerprint density at radius 1 is 1.00 bits per heavy atom. The third-order valence-electron chi connectivity index (χ3n) is 2.91. The second-order valence-corrected chi connectivity index (χ2v) is 4.83. The van der Waals surface area contributed by atoms with Crippen LogP contribution in [0.3, 0.4) is 0 Å². The van der Waals surface area contributed by atoms with Crippen LogP contribution in [0.4, 0.5) is 4.79 Å². The number of thiocarbonyl (C=S) groups is 1. The Balaban J connectivity index is 1.91. The van der Waals surface area contributed by atoms with Crippen molar-refractivity contribution in [3.05, 3.63) is 71.8 Å². The number of rotatable bonds is 3. The van der Waals surface area contributed by atoms with Gasteiger partial charge in [-0.3, -0.25) is 5.32 Å². The minimum absolute atomic E-state index is 0.0743. The monoisotopic (exact) mass is 284 g/mol. The van der Waals surface area contributed by atoms with Crippen LogP contribution in [0, 0.1) is 0 Å². The molecule has 0 radical (unpaired) electrons. The van der Waals surface area contributed by atoms with E-state index in [4.69, 9.17) is 12.2 Å². The molecule has 20 heavy (non-hydrogen) atoms. The van der Waals surface area contributed by atoms with Gasteiger partial charge < -0.3 is 5.32 Å². The molecule has 2 N–H and O–H groups in total. The van der Waals surface area contributed by atoms with Gasteiger partial charge >= 0.3 is 6.03 Å². The Hall–Kier alpha value is -2.20. The number of carbonyl (C=O) groups is 1. The first-order valence-electron chi connectivity index (χ1n) is 6.38. The summed E-state index contributed by atoms with van der Waals surface area (Å²) in [5, 5.41) is 5.54. The second kappa shape index (κ2) is 6.82. The van der Waals surface area contributed by atoms with E-state index in [1.54, 1.807) is 0 Å². The van der Waals surface area contributed by atoms with Gasteiger partial charge in [-0.25, -0.2) is 4.79 Å². The number of urea groups is 1. The molecule has 0 spiro atoms. The van der Waals surface area contributed by atoms with E-state index >= 15 is 0 Å². The van der Waals surface area contributed by atoms with Gasteiger partial charge in [0.1, 0.15) is 4.99 Å². The highest BCUT2D eigenvalue weighted by molar-refractivity contribution is 7.80. The molecule has 0 saturated heterocycles. The molecular formula is C16H16N2OS. The average molecular weight is 284 g/mol. The van der Waals surface area contributed by atoms with Crippen molar-refractivity contribution in [2.24, 2.45) is 0 Å². The summed E-state index contributed by atoms with van der Waals surface area (Å²) in [5.41, 5.74) is 1.87. The largest absolute Gasteiger partial charge is 0.331 e. The molecule has 4 heteroatoms. The topological polar surface area (TPSA) is 41.1 Å². The van der Waals surface area contributed by atoms with Crippen molar-refractivity contribution in [1.82, 2.24) is 10.6 Å². The maximum absolute atomic E-state index is 11.9. The fraction of sp³-hybridized carbons (Fsp3) is 0.125. The van der Waals surface area contributed by atoms with Crippen LogP contribution in [-0.2, 0) is 0 Å². The van der Waals surface area contributed by atoms with Gasteiger partial charge in [-0.2, -0.15) is 0 Å². The maximum atomic E-state index is 11.9. The molecule has 0 aliphatic heterocycles. The Morgan fingerprint density at radius 3 is 2.15 bits per heavy atom. The van der Waals surface area contributed by atoms with Gasteiger partial charge in [-0.05, 0) is 12.5 Å². The summed E-state index contributed by atoms with van der Waals surface area (Å²) in [6.07, 6.45) is 0. The van der Waals surface area contributed by atoms with Gasteiger partial charge in [0, 0.05) is 5.56 Å². The molecule has 3 nitrogen and oxygen atoms in total. The summed E-state index contributed by atoms with van der Waals surface area (Å²) < 4.78 is 0. The highest BCUT2D eigenvalue weighted by Crippen LogP contribution is 2.10. The summed E-state index contributed by atoms with van der Waals surface area (Å²) in [6, 6.07) is 18.8. The predicted molar refractivity (Wildman–Crippen MR) is 84.7 cm³/mol. The van der Waals surface area contributed by atoms with Crippen molar-refractivity contribution in [2.45, 2.75) is 13.0 Å². The lowest BCUT2D eigenvalue weighted by Crippen LogP contribution is -2.40. The first-order chi connectivity index (χ1) is 9.66. The van der Waals surface area contributed by atoms with Gasteiger partial charge in [0.05, 0.1) is 6.04 Å². The van der Waals surface area contributed by atoms with E-state index in [2.05, 4.69) is 10.6 Å². The Labute approximate surface area is 124 Å². The fourth-order valence-electron chi connectivity index (χ4n) is 1.82. The highest BCUT2D eigenvalue weighted by atomic mass is 32.1. The molecular weight excluding hydrogens is 268 g/mol. The quantitative estimate of drug-likeness (QED) is 0.848.